The summed E-state index contributed by atoms with van der Waals surface area (Å²) in [5.74, 6) is -0.349. The maximum Gasteiger partial charge on any atom is 0.165 e. The van der Waals surface area contributed by atoms with Crippen LogP contribution in [0.25, 0.3) is 0 Å². The lowest BCUT2D eigenvalue weighted by Gasteiger charge is -2.21. The molecule has 13 heavy (non-hydrogen) atoms. The number of unbranched alkanes of at least 4 members (excludes halogenated alkanes) is 1. The van der Waals surface area contributed by atoms with E-state index in [1.54, 1.807) is 0 Å². The molecule has 3 heteroatoms. The van der Waals surface area contributed by atoms with Crippen LogP contribution >= 0.6 is 0 Å². The number of aliphatic hydroxyl groups is 1. The molecule has 0 radical (unpaired) electrons. The van der Waals surface area contributed by atoms with E-state index >= 15 is 0 Å². The summed E-state index contributed by atoms with van der Waals surface area (Å²) in [6.07, 6.45) is 3.72. The molecule has 78 valence electrons. The minimum atomic E-state index is -0.349. The Balaban J connectivity index is 2.04. The molecular weight excluding hydrogens is 168 g/mol. The number of rotatable bonds is 5. The smallest absolute Gasteiger partial charge is 0.165 e. The molecule has 1 rings (SSSR count). The molecule has 1 aliphatic rings. The summed E-state index contributed by atoms with van der Waals surface area (Å²) >= 11 is 0. The number of ether oxygens (including phenoxy) is 2. The molecule has 3 nitrogen and oxygen atoms in total. The zero-order valence-corrected chi connectivity index (χ0v) is 8.58. The van der Waals surface area contributed by atoms with Gasteiger partial charge in [0.15, 0.2) is 5.79 Å². The maximum absolute atomic E-state index is 9.05. The van der Waals surface area contributed by atoms with Crippen molar-refractivity contribution in [2.24, 2.45) is 0 Å². The van der Waals surface area contributed by atoms with Gasteiger partial charge in [-0.3, -0.25) is 0 Å². The highest BCUT2D eigenvalue weighted by molar-refractivity contribution is 4.68. The highest BCUT2D eigenvalue weighted by Crippen LogP contribution is 2.25. The fourth-order valence-corrected chi connectivity index (χ4v) is 1.59. The predicted octanol–water partition coefficient (Wildman–Crippen LogP) is 1.69. The van der Waals surface area contributed by atoms with Gasteiger partial charge in [-0.05, 0) is 26.7 Å². The molecule has 0 aliphatic carbocycles. The van der Waals surface area contributed by atoms with Gasteiger partial charge >= 0.3 is 0 Å². The number of aliphatic hydroxyl groups excluding tert-OH is 1. The lowest BCUT2D eigenvalue weighted by atomic mass is 10.1. The number of hydrogen-bond acceptors (Lipinski definition) is 3. The summed E-state index contributed by atoms with van der Waals surface area (Å²) < 4.78 is 10.9. The topological polar surface area (TPSA) is 38.7 Å². The fraction of sp³-hybridized carbons (Fsp3) is 1.00. The van der Waals surface area contributed by atoms with Gasteiger partial charge in [0.1, 0.15) is 0 Å². The second kappa shape index (κ2) is 4.94. The molecule has 0 aromatic rings. The first-order chi connectivity index (χ1) is 6.12. The van der Waals surface area contributed by atoms with Crippen LogP contribution < -0.4 is 0 Å². The maximum atomic E-state index is 9.05. The normalized spacial score (nSPS) is 23.3. The van der Waals surface area contributed by atoms with E-state index in [-0.39, 0.29) is 11.9 Å². The Labute approximate surface area is 80.0 Å². The molecule has 0 aromatic heterocycles. The lowest BCUT2D eigenvalue weighted by Crippen LogP contribution is -2.25. The second-order valence-electron chi connectivity index (χ2n) is 3.93. The Bertz CT molecular complexity index is 139. The Kier molecular flexibility index (Phi) is 4.16. The second-order valence-corrected chi connectivity index (χ2v) is 3.93. The van der Waals surface area contributed by atoms with Crippen molar-refractivity contribution >= 4 is 0 Å². The summed E-state index contributed by atoms with van der Waals surface area (Å²) in [4.78, 5) is 0. The van der Waals surface area contributed by atoms with Gasteiger partial charge in [-0.25, -0.2) is 0 Å². The average molecular weight is 188 g/mol. The highest BCUT2D eigenvalue weighted by atomic mass is 16.7. The molecule has 1 atom stereocenters. The summed E-state index contributed by atoms with van der Waals surface area (Å²) in [5, 5.41) is 9.05. The van der Waals surface area contributed by atoms with E-state index in [0.29, 0.717) is 13.2 Å². The standard InChI is InChI=1S/C10H20O3/c1-9(11)5-3-4-6-10(2)12-7-8-13-10/h9,11H,3-8H2,1-2H3/t9-/m0/s1. The quantitative estimate of drug-likeness (QED) is 0.667. The van der Waals surface area contributed by atoms with Gasteiger partial charge in [0.25, 0.3) is 0 Å². The van der Waals surface area contributed by atoms with Gasteiger partial charge in [-0.2, -0.15) is 0 Å². The first kappa shape index (κ1) is 11.0. The third kappa shape index (κ3) is 4.07. The average Bonchev–Trinajstić information content (AvgIpc) is 2.47. The zero-order valence-electron chi connectivity index (χ0n) is 8.58. The number of hydrogen-bond donors (Lipinski definition) is 1. The van der Waals surface area contributed by atoms with Crippen LogP contribution in [0.3, 0.4) is 0 Å². The van der Waals surface area contributed by atoms with Crippen LogP contribution in [0, 0.1) is 0 Å². The lowest BCUT2D eigenvalue weighted by molar-refractivity contribution is -0.147. The third-order valence-electron chi connectivity index (χ3n) is 2.40. The van der Waals surface area contributed by atoms with E-state index in [4.69, 9.17) is 14.6 Å². The Morgan fingerprint density at radius 1 is 1.31 bits per heavy atom. The van der Waals surface area contributed by atoms with Gasteiger partial charge in [-0.1, -0.05) is 6.42 Å². The molecule has 1 heterocycles. The summed E-state index contributed by atoms with van der Waals surface area (Å²) in [5.41, 5.74) is 0. The first-order valence-electron chi connectivity index (χ1n) is 5.08. The molecular formula is C10H20O3. The van der Waals surface area contributed by atoms with Crippen LogP contribution in [-0.4, -0.2) is 30.2 Å². The van der Waals surface area contributed by atoms with Crippen molar-refractivity contribution in [3.8, 4) is 0 Å². The summed E-state index contributed by atoms with van der Waals surface area (Å²) in [7, 11) is 0. The van der Waals surface area contributed by atoms with Crippen molar-refractivity contribution in [1.29, 1.82) is 0 Å². The van der Waals surface area contributed by atoms with Crippen LogP contribution in [0.15, 0.2) is 0 Å². The SMILES string of the molecule is C[C@H](O)CCCCC1(C)OCCO1. The largest absolute Gasteiger partial charge is 0.393 e. The van der Waals surface area contributed by atoms with Crippen molar-refractivity contribution in [3.63, 3.8) is 0 Å². The minimum Gasteiger partial charge on any atom is -0.393 e. The monoisotopic (exact) mass is 188 g/mol. The molecule has 1 fully saturated rings. The predicted molar refractivity (Wildman–Crippen MR) is 50.5 cm³/mol. The minimum absolute atomic E-state index is 0.182. The molecule has 1 saturated heterocycles. The summed E-state index contributed by atoms with van der Waals surface area (Å²) in [6.45, 7) is 5.24. The van der Waals surface area contributed by atoms with Crippen molar-refractivity contribution in [2.45, 2.75) is 51.4 Å². The molecule has 0 saturated carbocycles. The Morgan fingerprint density at radius 3 is 2.46 bits per heavy atom. The van der Waals surface area contributed by atoms with Crippen LogP contribution in [-0.2, 0) is 9.47 Å². The van der Waals surface area contributed by atoms with Crippen LogP contribution in [0.4, 0.5) is 0 Å². The van der Waals surface area contributed by atoms with Crippen LogP contribution in [0.2, 0.25) is 0 Å². The molecule has 0 bridgehead atoms. The Hall–Kier alpha value is -0.120. The van der Waals surface area contributed by atoms with Gasteiger partial charge < -0.3 is 14.6 Å². The molecule has 0 spiro atoms. The van der Waals surface area contributed by atoms with Gasteiger partial charge in [0.05, 0.1) is 19.3 Å². The molecule has 0 unspecified atom stereocenters. The molecule has 0 amide bonds. The third-order valence-corrected chi connectivity index (χ3v) is 2.40. The van der Waals surface area contributed by atoms with Crippen molar-refractivity contribution in [3.05, 3.63) is 0 Å². The van der Waals surface area contributed by atoms with Crippen molar-refractivity contribution in [1.82, 2.24) is 0 Å². The van der Waals surface area contributed by atoms with E-state index < -0.39 is 0 Å². The van der Waals surface area contributed by atoms with Crippen molar-refractivity contribution < 1.29 is 14.6 Å². The van der Waals surface area contributed by atoms with E-state index in [0.717, 1.165) is 25.7 Å². The van der Waals surface area contributed by atoms with Crippen LogP contribution in [0.1, 0.15) is 39.5 Å². The van der Waals surface area contributed by atoms with E-state index in [1.807, 2.05) is 13.8 Å². The van der Waals surface area contributed by atoms with Crippen molar-refractivity contribution in [2.75, 3.05) is 13.2 Å². The van der Waals surface area contributed by atoms with Crippen LogP contribution in [0.5, 0.6) is 0 Å². The first-order valence-corrected chi connectivity index (χ1v) is 5.08. The Morgan fingerprint density at radius 2 is 1.92 bits per heavy atom. The van der Waals surface area contributed by atoms with E-state index in [2.05, 4.69) is 0 Å². The zero-order chi connectivity index (χ0) is 9.73. The van der Waals surface area contributed by atoms with Gasteiger partial charge in [0, 0.05) is 6.42 Å². The molecule has 1 N–H and O–H groups in total. The fourth-order valence-electron chi connectivity index (χ4n) is 1.59. The summed E-state index contributed by atoms with van der Waals surface area (Å²) in [6, 6.07) is 0. The molecule has 1 aliphatic heterocycles. The van der Waals surface area contributed by atoms with Gasteiger partial charge in [-0.15, -0.1) is 0 Å². The highest BCUT2D eigenvalue weighted by Gasteiger charge is 2.29. The molecule has 0 aromatic carbocycles. The van der Waals surface area contributed by atoms with Gasteiger partial charge in [0.2, 0.25) is 0 Å². The van der Waals surface area contributed by atoms with E-state index in [1.165, 1.54) is 0 Å². The van der Waals surface area contributed by atoms with E-state index in [9.17, 15) is 0 Å².